The minimum Gasteiger partial charge on any atom is -0.308 e. The average Bonchev–Trinajstić information content (AvgIpc) is 2.92. The SMILES string of the molecule is CCC1(CC)CN(C(C)Cc2cccs2)C(C)CN1. The van der Waals surface area contributed by atoms with E-state index in [2.05, 4.69) is 55.4 Å². The third-order valence-corrected chi connectivity index (χ3v) is 5.72. The van der Waals surface area contributed by atoms with Gasteiger partial charge in [-0.15, -0.1) is 11.3 Å². The average molecular weight is 280 g/mol. The molecule has 1 aliphatic heterocycles. The van der Waals surface area contributed by atoms with Gasteiger partial charge in [0.25, 0.3) is 0 Å². The molecule has 2 rings (SSSR count). The van der Waals surface area contributed by atoms with Gasteiger partial charge in [-0.1, -0.05) is 19.9 Å². The molecule has 108 valence electrons. The maximum absolute atomic E-state index is 3.79. The minimum atomic E-state index is 0.330. The van der Waals surface area contributed by atoms with Crippen molar-refractivity contribution in [1.29, 1.82) is 0 Å². The Bertz CT molecular complexity index is 370. The monoisotopic (exact) mass is 280 g/mol. The zero-order chi connectivity index (χ0) is 13.9. The number of hydrogen-bond donors (Lipinski definition) is 1. The zero-order valence-electron chi connectivity index (χ0n) is 12.8. The molecule has 0 aromatic carbocycles. The summed E-state index contributed by atoms with van der Waals surface area (Å²) < 4.78 is 0. The first-order chi connectivity index (χ1) is 9.10. The first kappa shape index (κ1) is 15.0. The predicted molar refractivity (Wildman–Crippen MR) is 85.0 cm³/mol. The summed E-state index contributed by atoms with van der Waals surface area (Å²) in [6.07, 6.45) is 3.63. The summed E-state index contributed by atoms with van der Waals surface area (Å²) in [5.74, 6) is 0. The molecule has 0 spiro atoms. The van der Waals surface area contributed by atoms with Crippen LogP contribution in [0.4, 0.5) is 0 Å². The van der Waals surface area contributed by atoms with Crippen molar-refractivity contribution < 1.29 is 0 Å². The maximum Gasteiger partial charge on any atom is 0.0304 e. The highest BCUT2D eigenvalue weighted by Crippen LogP contribution is 2.25. The van der Waals surface area contributed by atoms with Crippen LogP contribution in [0, 0.1) is 0 Å². The van der Waals surface area contributed by atoms with Crippen LogP contribution in [0.2, 0.25) is 0 Å². The smallest absolute Gasteiger partial charge is 0.0304 e. The van der Waals surface area contributed by atoms with E-state index in [1.54, 1.807) is 0 Å². The molecule has 2 heterocycles. The van der Waals surface area contributed by atoms with E-state index in [4.69, 9.17) is 0 Å². The van der Waals surface area contributed by atoms with Gasteiger partial charge in [-0.3, -0.25) is 4.90 Å². The highest BCUT2D eigenvalue weighted by atomic mass is 32.1. The number of rotatable bonds is 5. The topological polar surface area (TPSA) is 15.3 Å². The van der Waals surface area contributed by atoms with Gasteiger partial charge in [-0.2, -0.15) is 0 Å². The van der Waals surface area contributed by atoms with Gasteiger partial charge < -0.3 is 5.32 Å². The quantitative estimate of drug-likeness (QED) is 0.887. The van der Waals surface area contributed by atoms with Gasteiger partial charge in [0.05, 0.1) is 0 Å². The van der Waals surface area contributed by atoms with E-state index < -0.39 is 0 Å². The molecule has 3 heteroatoms. The Kier molecular flexibility index (Phi) is 5.04. The van der Waals surface area contributed by atoms with Gasteiger partial charge in [0, 0.05) is 35.6 Å². The molecular weight excluding hydrogens is 252 g/mol. The Balaban J connectivity index is 2.03. The molecule has 0 aliphatic carbocycles. The molecule has 0 saturated carbocycles. The predicted octanol–water partition coefficient (Wildman–Crippen LogP) is 3.53. The second-order valence-electron chi connectivity index (χ2n) is 6.02. The first-order valence-corrected chi connectivity index (χ1v) is 8.51. The Morgan fingerprint density at radius 2 is 2.21 bits per heavy atom. The summed E-state index contributed by atoms with van der Waals surface area (Å²) in [6, 6.07) is 5.70. The van der Waals surface area contributed by atoms with Gasteiger partial charge >= 0.3 is 0 Å². The van der Waals surface area contributed by atoms with Gasteiger partial charge in [0.15, 0.2) is 0 Å². The summed E-state index contributed by atoms with van der Waals surface area (Å²) >= 11 is 1.89. The molecule has 1 fully saturated rings. The third kappa shape index (κ3) is 3.39. The molecule has 0 bridgehead atoms. The lowest BCUT2D eigenvalue weighted by Crippen LogP contribution is -2.65. The molecule has 2 nitrogen and oxygen atoms in total. The van der Waals surface area contributed by atoms with E-state index in [1.807, 2.05) is 11.3 Å². The summed E-state index contributed by atoms with van der Waals surface area (Å²) in [5, 5.41) is 5.97. The molecular formula is C16H28N2S. The van der Waals surface area contributed by atoms with Crippen molar-refractivity contribution in [2.45, 2.75) is 64.6 Å². The Labute approximate surface area is 122 Å². The fourth-order valence-corrected chi connectivity index (χ4v) is 4.02. The van der Waals surface area contributed by atoms with E-state index in [1.165, 1.54) is 30.7 Å². The highest BCUT2D eigenvalue weighted by molar-refractivity contribution is 7.09. The van der Waals surface area contributed by atoms with Crippen LogP contribution in [0.25, 0.3) is 0 Å². The first-order valence-electron chi connectivity index (χ1n) is 7.63. The molecule has 1 aromatic heterocycles. The van der Waals surface area contributed by atoms with E-state index >= 15 is 0 Å². The molecule has 1 saturated heterocycles. The normalized spacial score (nSPS) is 25.4. The number of piperazine rings is 1. The molecule has 2 atom stereocenters. The van der Waals surface area contributed by atoms with Crippen molar-refractivity contribution in [3.8, 4) is 0 Å². The van der Waals surface area contributed by atoms with Crippen LogP contribution < -0.4 is 5.32 Å². The van der Waals surface area contributed by atoms with Crippen LogP contribution >= 0.6 is 11.3 Å². The Hall–Kier alpha value is -0.380. The molecule has 0 amide bonds. The minimum absolute atomic E-state index is 0.330. The van der Waals surface area contributed by atoms with Crippen LogP contribution in [0.5, 0.6) is 0 Å². The summed E-state index contributed by atoms with van der Waals surface area (Å²) in [5.41, 5.74) is 0.330. The lowest BCUT2D eigenvalue weighted by Gasteiger charge is -2.49. The van der Waals surface area contributed by atoms with Crippen LogP contribution in [0.15, 0.2) is 17.5 Å². The van der Waals surface area contributed by atoms with Crippen molar-refractivity contribution in [2.24, 2.45) is 0 Å². The number of thiophene rings is 1. The maximum atomic E-state index is 3.79. The summed E-state index contributed by atoms with van der Waals surface area (Å²) in [6.45, 7) is 11.7. The van der Waals surface area contributed by atoms with E-state index in [9.17, 15) is 0 Å². The van der Waals surface area contributed by atoms with E-state index in [0.29, 0.717) is 17.6 Å². The number of nitrogens with one attached hydrogen (secondary N) is 1. The van der Waals surface area contributed by atoms with E-state index in [-0.39, 0.29) is 0 Å². The van der Waals surface area contributed by atoms with Gasteiger partial charge in [0.2, 0.25) is 0 Å². The Morgan fingerprint density at radius 1 is 1.47 bits per heavy atom. The van der Waals surface area contributed by atoms with Crippen LogP contribution in [-0.2, 0) is 6.42 Å². The van der Waals surface area contributed by atoms with Crippen LogP contribution in [-0.4, -0.2) is 35.6 Å². The number of hydrogen-bond acceptors (Lipinski definition) is 3. The lowest BCUT2D eigenvalue weighted by atomic mass is 9.87. The second-order valence-corrected chi connectivity index (χ2v) is 7.05. The molecule has 0 radical (unpaired) electrons. The molecule has 1 aromatic rings. The van der Waals surface area contributed by atoms with Crippen LogP contribution in [0.3, 0.4) is 0 Å². The lowest BCUT2D eigenvalue weighted by molar-refractivity contribution is 0.0504. The number of nitrogens with zero attached hydrogens (tertiary/aromatic N) is 1. The molecule has 1 aliphatic rings. The second kappa shape index (κ2) is 6.38. The summed E-state index contributed by atoms with van der Waals surface area (Å²) in [7, 11) is 0. The van der Waals surface area contributed by atoms with Gasteiger partial charge in [-0.05, 0) is 44.6 Å². The molecule has 19 heavy (non-hydrogen) atoms. The largest absolute Gasteiger partial charge is 0.308 e. The van der Waals surface area contributed by atoms with Crippen molar-refractivity contribution in [2.75, 3.05) is 13.1 Å². The Morgan fingerprint density at radius 3 is 2.79 bits per heavy atom. The van der Waals surface area contributed by atoms with E-state index in [0.717, 1.165) is 6.54 Å². The van der Waals surface area contributed by atoms with Crippen molar-refractivity contribution >= 4 is 11.3 Å². The fourth-order valence-electron chi connectivity index (χ4n) is 3.19. The summed E-state index contributed by atoms with van der Waals surface area (Å²) in [4.78, 5) is 4.22. The van der Waals surface area contributed by atoms with Gasteiger partial charge in [0.1, 0.15) is 0 Å². The van der Waals surface area contributed by atoms with Crippen molar-refractivity contribution in [1.82, 2.24) is 10.2 Å². The molecule has 2 unspecified atom stereocenters. The zero-order valence-corrected chi connectivity index (χ0v) is 13.6. The highest BCUT2D eigenvalue weighted by Gasteiger charge is 2.36. The van der Waals surface area contributed by atoms with Gasteiger partial charge in [-0.25, -0.2) is 0 Å². The fraction of sp³-hybridized carbons (Fsp3) is 0.750. The van der Waals surface area contributed by atoms with Crippen molar-refractivity contribution in [3.05, 3.63) is 22.4 Å². The molecule has 1 N–H and O–H groups in total. The van der Waals surface area contributed by atoms with Crippen molar-refractivity contribution in [3.63, 3.8) is 0 Å². The van der Waals surface area contributed by atoms with Crippen LogP contribution in [0.1, 0.15) is 45.4 Å². The standard InChI is InChI=1S/C16H28N2S/c1-5-16(6-2)12-18(14(4)11-17-16)13(3)10-15-8-7-9-19-15/h7-9,13-14,17H,5-6,10-12H2,1-4H3. The third-order valence-electron chi connectivity index (χ3n) is 4.82.